The van der Waals surface area contributed by atoms with Gasteiger partial charge in [0.25, 0.3) is 0 Å². The van der Waals surface area contributed by atoms with Crippen LogP contribution in [0.3, 0.4) is 0 Å². The topological polar surface area (TPSA) is 26.3 Å². The maximum absolute atomic E-state index is 13.4. The third-order valence-corrected chi connectivity index (χ3v) is 2.68. The van der Waals surface area contributed by atoms with Gasteiger partial charge in [-0.1, -0.05) is 6.58 Å². The molecule has 15 heteroatoms. The maximum Gasteiger partial charge on any atom is 0.468 e. The summed E-state index contributed by atoms with van der Waals surface area (Å²) in [6.45, 7) is 2.97. The number of hydrogen-bond donors (Lipinski definition) is 0. The first-order valence-electron chi connectivity index (χ1n) is 5.42. The van der Waals surface area contributed by atoms with Crippen molar-refractivity contribution in [2.24, 2.45) is 5.41 Å². The minimum absolute atomic E-state index is 0.459. The Kier molecular flexibility index (Phi) is 5.53. The summed E-state index contributed by atoms with van der Waals surface area (Å²) in [7, 11) is 0. The van der Waals surface area contributed by atoms with Crippen LogP contribution in [0.2, 0.25) is 0 Å². The van der Waals surface area contributed by atoms with E-state index in [1.54, 1.807) is 0 Å². The van der Waals surface area contributed by atoms with Crippen molar-refractivity contribution >= 4 is 5.97 Å². The number of esters is 1. The number of halogens is 13. The molecule has 0 unspecified atom stereocenters. The number of ether oxygens (including phenoxy) is 1. The molecular weight excluding hydrogens is 399 g/mol. The molecule has 0 saturated carbocycles. The van der Waals surface area contributed by atoms with Crippen molar-refractivity contribution in [1.29, 1.82) is 0 Å². The molecule has 0 spiro atoms. The van der Waals surface area contributed by atoms with Gasteiger partial charge < -0.3 is 4.74 Å². The van der Waals surface area contributed by atoms with Gasteiger partial charge in [0.1, 0.15) is 0 Å². The van der Waals surface area contributed by atoms with E-state index in [9.17, 15) is 61.9 Å². The van der Waals surface area contributed by atoms with Crippen LogP contribution in [0.1, 0.15) is 6.92 Å². The van der Waals surface area contributed by atoms with Crippen LogP contribution in [0.4, 0.5) is 57.1 Å². The van der Waals surface area contributed by atoms with Crippen LogP contribution in [-0.2, 0) is 9.53 Å². The molecule has 25 heavy (non-hydrogen) atoms. The van der Waals surface area contributed by atoms with Crippen LogP contribution >= 0.6 is 0 Å². The van der Waals surface area contributed by atoms with Gasteiger partial charge in [0.05, 0.1) is 0 Å². The molecule has 0 aromatic carbocycles. The minimum atomic E-state index is -8.22. The number of carbonyl (C=O) groups is 1. The highest BCUT2D eigenvalue weighted by Crippen LogP contribution is 2.69. The van der Waals surface area contributed by atoms with Gasteiger partial charge in [-0.25, -0.2) is 4.79 Å². The van der Waals surface area contributed by atoms with Crippen LogP contribution in [0.5, 0.6) is 0 Å². The first kappa shape index (κ1) is 23.3. The SMILES string of the molecule is C=C(C)C(=O)OC(F)(F)C(F)(F)C(C(F)(F)F)(C(F)(F)F)C(F)(F)F. The van der Waals surface area contributed by atoms with Gasteiger partial charge >= 0.3 is 41.9 Å². The first-order valence-corrected chi connectivity index (χ1v) is 5.42. The Morgan fingerprint density at radius 3 is 1.20 bits per heavy atom. The summed E-state index contributed by atoms with van der Waals surface area (Å²) < 4.78 is 168. The van der Waals surface area contributed by atoms with E-state index in [1.807, 2.05) is 0 Å². The molecule has 0 aromatic heterocycles. The zero-order valence-corrected chi connectivity index (χ0v) is 11.4. The van der Waals surface area contributed by atoms with Gasteiger partial charge in [-0.3, -0.25) is 0 Å². The molecule has 0 bridgehead atoms. The molecule has 0 aliphatic carbocycles. The molecule has 0 aliphatic heterocycles. The molecule has 0 heterocycles. The zero-order valence-electron chi connectivity index (χ0n) is 11.4. The highest BCUT2D eigenvalue weighted by Gasteiger charge is 2.98. The average molecular weight is 404 g/mol. The second kappa shape index (κ2) is 5.93. The predicted molar refractivity (Wildman–Crippen MR) is 51.4 cm³/mol. The number of carbonyl (C=O) groups excluding carboxylic acids is 1. The predicted octanol–water partition coefficient (Wildman–Crippen LogP) is 5.01. The molecule has 2 nitrogen and oxygen atoms in total. The van der Waals surface area contributed by atoms with E-state index in [0.717, 1.165) is 0 Å². The lowest BCUT2D eigenvalue weighted by atomic mass is 9.77. The summed E-state index contributed by atoms with van der Waals surface area (Å²) in [4.78, 5) is 10.7. The second-order valence-electron chi connectivity index (χ2n) is 4.50. The van der Waals surface area contributed by atoms with Crippen molar-refractivity contribution in [3.63, 3.8) is 0 Å². The van der Waals surface area contributed by atoms with Crippen LogP contribution < -0.4 is 0 Å². The van der Waals surface area contributed by atoms with E-state index in [2.05, 4.69) is 11.3 Å². The standard InChI is InChI=1S/C10H5F13O2/c1-3(2)4(24)25-10(22,23)6(11,12)5(7(13,14)15,8(16,17)18)9(19,20)21/h1H2,2H3. The van der Waals surface area contributed by atoms with Gasteiger partial charge in [0.2, 0.25) is 0 Å². The minimum Gasteiger partial charge on any atom is -0.393 e. The average Bonchev–Trinajstić information content (AvgIpc) is 2.20. The molecule has 0 amide bonds. The van der Waals surface area contributed by atoms with E-state index >= 15 is 0 Å². The zero-order chi connectivity index (χ0) is 20.9. The molecule has 0 fully saturated rings. The normalized spacial score (nSPS) is 15.1. The first-order chi connectivity index (χ1) is 10.6. The maximum atomic E-state index is 13.4. The Hall–Kier alpha value is -1.70. The van der Waals surface area contributed by atoms with E-state index in [-0.39, 0.29) is 0 Å². The highest BCUT2D eigenvalue weighted by molar-refractivity contribution is 5.87. The molecule has 0 saturated heterocycles. The number of alkyl halides is 13. The fourth-order valence-electron chi connectivity index (χ4n) is 1.50. The lowest BCUT2D eigenvalue weighted by molar-refractivity contribution is -0.514. The molecule has 148 valence electrons. The quantitative estimate of drug-likeness (QED) is 0.374. The van der Waals surface area contributed by atoms with Crippen molar-refractivity contribution in [2.75, 3.05) is 0 Å². The van der Waals surface area contributed by atoms with E-state index in [1.165, 1.54) is 0 Å². The lowest BCUT2D eigenvalue weighted by Gasteiger charge is -2.44. The third kappa shape index (κ3) is 3.36. The van der Waals surface area contributed by atoms with E-state index in [4.69, 9.17) is 0 Å². The van der Waals surface area contributed by atoms with Crippen molar-refractivity contribution in [3.8, 4) is 0 Å². The summed E-state index contributed by atoms with van der Waals surface area (Å²) in [5.74, 6) is -10.7. The van der Waals surface area contributed by atoms with Gasteiger partial charge in [0, 0.05) is 5.57 Å². The van der Waals surface area contributed by atoms with Crippen molar-refractivity contribution in [1.82, 2.24) is 0 Å². The fraction of sp³-hybridized carbons (Fsp3) is 0.700. The molecular formula is C10H5F13O2. The summed E-state index contributed by atoms with van der Waals surface area (Å²) >= 11 is 0. The molecule has 0 aromatic rings. The van der Waals surface area contributed by atoms with Crippen molar-refractivity contribution < 1.29 is 66.6 Å². The van der Waals surface area contributed by atoms with Gasteiger partial charge in [-0.15, -0.1) is 0 Å². The summed E-state index contributed by atoms with van der Waals surface area (Å²) in [5, 5.41) is 0. The van der Waals surface area contributed by atoms with Crippen LogP contribution in [0, 0.1) is 5.41 Å². The Labute approximate surface area is 129 Å². The Bertz CT molecular complexity index is 500. The lowest BCUT2D eigenvalue weighted by Crippen LogP contribution is -2.73. The van der Waals surface area contributed by atoms with Gasteiger partial charge in [-0.2, -0.15) is 57.1 Å². The van der Waals surface area contributed by atoms with Crippen LogP contribution in [0.15, 0.2) is 12.2 Å². The Morgan fingerprint density at radius 2 is 1.00 bits per heavy atom. The highest BCUT2D eigenvalue weighted by atomic mass is 19.4. The monoisotopic (exact) mass is 404 g/mol. The summed E-state index contributed by atoms with van der Waals surface area (Å²) in [6.07, 6.45) is -31.1. The van der Waals surface area contributed by atoms with Gasteiger partial charge in [-0.05, 0) is 6.92 Å². The van der Waals surface area contributed by atoms with Crippen molar-refractivity contribution in [3.05, 3.63) is 12.2 Å². The number of rotatable bonds is 4. The fourth-order valence-corrected chi connectivity index (χ4v) is 1.50. The van der Waals surface area contributed by atoms with E-state index < -0.39 is 47.5 Å². The molecule has 0 rings (SSSR count). The smallest absolute Gasteiger partial charge is 0.393 e. The van der Waals surface area contributed by atoms with Gasteiger partial charge in [0.15, 0.2) is 0 Å². The van der Waals surface area contributed by atoms with Crippen LogP contribution in [-0.4, -0.2) is 36.5 Å². The Balaban J connectivity index is 6.85. The van der Waals surface area contributed by atoms with Crippen LogP contribution in [0.25, 0.3) is 0 Å². The summed E-state index contributed by atoms with van der Waals surface area (Å²) in [5.41, 5.74) is -9.44. The summed E-state index contributed by atoms with van der Waals surface area (Å²) in [6, 6.07) is 0. The molecule has 0 atom stereocenters. The third-order valence-electron chi connectivity index (χ3n) is 2.68. The Morgan fingerprint density at radius 1 is 0.720 bits per heavy atom. The molecule has 0 N–H and O–H groups in total. The van der Waals surface area contributed by atoms with Crippen molar-refractivity contribution in [2.45, 2.75) is 37.5 Å². The molecule has 0 radical (unpaired) electrons. The van der Waals surface area contributed by atoms with E-state index in [0.29, 0.717) is 6.92 Å². The second-order valence-corrected chi connectivity index (χ2v) is 4.50. The largest absolute Gasteiger partial charge is 0.468 e. The number of hydrogen-bond acceptors (Lipinski definition) is 2. The molecule has 0 aliphatic rings.